The molecule has 0 saturated carbocycles. The van der Waals surface area contributed by atoms with Gasteiger partial charge in [-0.2, -0.15) is 0 Å². The van der Waals surface area contributed by atoms with Crippen LogP contribution in [-0.2, 0) is 13.1 Å². The Balaban J connectivity index is 1.73. The summed E-state index contributed by atoms with van der Waals surface area (Å²) in [4.78, 5) is 2.58. The maximum atomic E-state index is 4.21. The van der Waals surface area contributed by atoms with Crippen LogP contribution in [0.5, 0.6) is 0 Å². The summed E-state index contributed by atoms with van der Waals surface area (Å²) in [6, 6.07) is 0. The highest BCUT2D eigenvalue weighted by Crippen LogP contribution is 2.37. The Kier molecular flexibility index (Phi) is 6.18. The van der Waals surface area contributed by atoms with E-state index in [0.29, 0.717) is 5.41 Å². The molecule has 21 heavy (non-hydrogen) atoms. The molecule has 0 aliphatic carbocycles. The van der Waals surface area contributed by atoms with E-state index in [1.807, 2.05) is 4.68 Å². The summed E-state index contributed by atoms with van der Waals surface area (Å²) in [5, 5.41) is 11.7. The zero-order valence-electron chi connectivity index (χ0n) is 13.9. The molecule has 5 nitrogen and oxygen atoms in total. The van der Waals surface area contributed by atoms with E-state index in [2.05, 4.69) is 47.5 Å². The van der Waals surface area contributed by atoms with Gasteiger partial charge in [-0.15, -0.1) is 5.10 Å². The summed E-state index contributed by atoms with van der Waals surface area (Å²) in [5.41, 5.74) is 1.65. The molecule has 5 heteroatoms. The molecule has 0 aromatic carbocycles. The normalized spacial score (nSPS) is 19.0. The summed E-state index contributed by atoms with van der Waals surface area (Å²) < 4.78 is 1.98. The average Bonchev–Trinajstić information content (AvgIpc) is 2.99. The Labute approximate surface area is 129 Å². The number of aromatic nitrogens is 3. The van der Waals surface area contributed by atoms with E-state index in [4.69, 9.17) is 0 Å². The second-order valence-corrected chi connectivity index (χ2v) is 6.30. The van der Waals surface area contributed by atoms with Gasteiger partial charge < -0.3 is 10.2 Å². The second kappa shape index (κ2) is 7.90. The molecule has 1 aliphatic heterocycles. The minimum atomic E-state index is 0.614. The van der Waals surface area contributed by atoms with Crippen molar-refractivity contribution in [2.45, 2.75) is 59.5 Å². The van der Waals surface area contributed by atoms with Crippen LogP contribution in [0.1, 0.15) is 52.1 Å². The second-order valence-electron chi connectivity index (χ2n) is 6.30. The third-order valence-electron chi connectivity index (χ3n) is 5.20. The zero-order valence-corrected chi connectivity index (χ0v) is 13.9. The lowest BCUT2D eigenvalue weighted by atomic mass is 9.74. The van der Waals surface area contributed by atoms with E-state index in [1.165, 1.54) is 38.8 Å². The van der Waals surface area contributed by atoms with Crippen molar-refractivity contribution in [2.24, 2.45) is 5.41 Å². The lowest BCUT2D eigenvalue weighted by Gasteiger charge is -2.41. The van der Waals surface area contributed by atoms with Crippen molar-refractivity contribution in [1.29, 1.82) is 0 Å². The van der Waals surface area contributed by atoms with Crippen LogP contribution in [0.15, 0.2) is 6.20 Å². The maximum absolute atomic E-state index is 4.21. The molecule has 0 bridgehead atoms. The van der Waals surface area contributed by atoms with Gasteiger partial charge in [-0.25, -0.2) is 0 Å². The van der Waals surface area contributed by atoms with Crippen molar-refractivity contribution in [2.75, 3.05) is 26.2 Å². The van der Waals surface area contributed by atoms with Crippen LogP contribution in [0.4, 0.5) is 0 Å². The summed E-state index contributed by atoms with van der Waals surface area (Å²) in [6.45, 7) is 13.1. The summed E-state index contributed by atoms with van der Waals surface area (Å²) in [7, 11) is 0. The van der Waals surface area contributed by atoms with E-state index in [1.54, 1.807) is 0 Å². The van der Waals surface area contributed by atoms with Crippen molar-refractivity contribution >= 4 is 0 Å². The van der Waals surface area contributed by atoms with Crippen LogP contribution < -0.4 is 5.32 Å². The van der Waals surface area contributed by atoms with Crippen molar-refractivity contribution in [1.82, 2.24) is 25.2 Å². The number of nitrogens with one attached hydrogen (secondary N) is 1. The van der Waals surface area contributed by atoms with E-state index >= 15 is 0 Å². The van der Waals surface area contributed by atoms with Gasteiger partial charge in [0.05, 0.1) is 12.2 Å². The number of rotatable bonds is 8. The van der Waals surface area contributed by atoms with E-state index in [-0.39, 0.29) is 0 Å². The van der Waals surface area contributed by atoms with Gasteiger partial charge in [0.1, 0.15) is 0 Å². The van der Waals surface area contributed by atoms with Crippen molar-refractivity contribution in [3.8, 4) is 0 Å². The van der Waals surface area contributed by atoms with Crippen LogP contribution in [0.25, 0.3) is 0 Å². The number of hydrogen-bond donors (Lipinski definition) is 1. The average molecular weight is 293 g/mol. The molecule has 0 atom stereocenters. The van der Waals surface area contributed by atoms with Gasteiger partial charge in [0.15, 0.2) is 0 Å². The van der Waals surface area contributed by atoms with Gasteiger partial charge >= 0.3 is 0 Å². The zero-order chi connectivity index (χ0) is 15.1. The fraction of sp³-hybridized carbons (Fsp3) is 0.875. The van der Waals surface area contributed by atoms with E-state index < -0.39 is 0 Å². The topological polar surface area (TPSA) is 46.0 Å². The maximum Gasteiger partial charge on any atom is 0.0964 e. The number of likely N-dealkylation sites (tertiary alicyclic amines) is 1. The smallest absolute Gasteiger partial charge is 0.0964 e. The molecule has 0 spiro atoms. The molecule has 2 rings (SSSR count). The molecular formula is C16H31N5. The monoisotopic (exact) mass is 293 g/mol. The van der Waals surface area contributed by atoms with Gasteiger partial charge in [0, 0.05) is 19.3 Å². The molecule has 1 aromatic heterocycles. The molecule has 2 heterocycles. The molecular weight excluding hydrogens is 262 g/mol. The third kappa shape index (κ3) is 4.51. The van der Waals surface area contributed by atoms with Crippen LogP contribution in [-0.4, -0.2) is 46.1 Å². The first-order chi connectivity index (χ1) is 10.2. The molecule has 0 unspecified atom stereocenters. The first-order valence-electron chi connectivity index (χ1n) is 8.53. The Morgan fingerprint density at radius 1 is 1.14 bits per heavy atom. The quantitative estimate of drug-likeness (QED) is 0.799. The Bertz CT molecular complexity index is 401. The van der Waals surface area contributed by atoms with Gasteiger partial charge in [-0.05, 0) is 37.9 Å². The molecule has 0 radical (unpaired) electrons. The third-order valence-corrected chi connectivity index (χ3v) is 5.20. The van der Waals surface area contributed by atoms with Gasteiger partial charge in [-0.1, -0.05) is 38.8 Å². The largest absolute Gasteiger partial charge is 0.311 e. The first-order valence-corrected chi connectivity index (χ1v) is 8.53. The van der Waals surface area contributed by atoms with E-state index in [9.17, 15) is 0 Å². The first kappa shape index (κ1) is 16.4. The van der Waals surface area contributed by atoms with Crippen molar-refractivity contribution < 1.29 is 0 Å². The fourth-order valence-electron chi connectivity index (χ4n) is 3.23. The lowest BCUT2D eigenvalue weighted by molar-refractivity contribution is 0.0923. The molecule has 1 aliphatic rings. The highest BCUT2D eigenvalue weighted by atomic mass is 15.4. The van der Waals surface area contributed by atoms with E-state index in [0.717, 1.165) is 31.9 Å². The molecule has 1 N–H and O–H groups in total. The molecule has 1 fully saturated rings. The highest BCUT2D eigenvalue weighted by Gasteiger charge is 2.30. The van der Waals surface area contributed by atoms with Crippen LogP contribution in [0.2, 0.25) is 0 Å². The van der Waals surface area contributed by atoms with Gasteiger partial charge in [-0.3, -0.25) is 4.68 Å². The Morgan fingerprint density at radius 3 is 2.48 bits per heavy atom. The molecule has 120 valence electrons. The minimum absolute atomic E-state index is 0.614. The predicted octanol–water partition coefficient (Wildman–Crippen LogP) is 2.29. The molecule has 0 amide bonds. The Morgan fingerprint density at radius 2 is 1.86 bits per heavy atom. The predicted molar refractivity (Wildman–Crippen MR) is 86.1 cm³/mol. The Hall–Kier alpha value is -0.940. The lowest BCUT2D eigenvalue weighted by Crippen LogP contribution is -2.40. The van der Waals surface area contributed by atoms with Crippen LogP contribution in [0, 0.1) is 5.41 Å². The summed E-state index contributed by atoms with van der Waals surface area (Å²) in [5.74, 6) is 0. The molecule has 1 saturated heterocycles. The fourth-order valence-corrected chi connectivity index (χ4v) is 3.23. The van der Waals surface area contributed by atoms with Crippen LogP contribution in [0.3, 0.4) is 0 Å². The van der Waals surface area contributed by atoms with Gasteiger partial charge in [0.2, 0.25) is 0 Å². The number of hydrogen-bond acceptors (Lipinski definition) is 4. The summed E-state index contributed by atoms with van der Waals surface area (Å²) in [6.07, 6.45) is 7.42. The summed E-state index contributed by atoms with van der Waals surface area (Å²) >= 11 is 0. The van der Waals surface area contributed by atoms with Crippen molar-refractivity contribution in [3.05, 3.63) is 11.9 Å². The van der Waals surface area contributed by atoms with Gasteiger partial charge in [0.25, 0.3) is 0 Å². The van der Waals surface area contributed by atoms with Crippen molar-refractivity contribution in [3.63, 3.8) is 0 Å². The minimum Gasteiger partial charge on any atom is -0.311 e. The van der Waals surface area contributed by atoms with Crippen LogP contribution >= 0.6 is 0 Å². The number of nitrogens with zero attached hydrogens (tertiary/aromatic N) is 4. The molecule has 1 aromatic rings. The SMILES string of the molecule is CCNCc1cn(CCN2CCC(CC)(CC)CC2)nn1. The standard InChI is InChI=1S/C16H31N5/c1-4-16(5-2)7-9-20(10-8-16)11-12-21-14-15(18-19-21)13-17-6-3/h14,17H,4-13H2,1-3H3. The number of piperidine rings is 1. The highest BCUT2D eigenvalue weighted by molar-refractivity contribution is 4.91.